The smallest absolute Gasteiger partial charge is 0.226 e. The molecule has 1 unspecified atom stereocenters. The number of rotatable bonds is 4. The predicted octanol–water partition coefficient (Wildman–Crippen LogP) is 2.54. The minimum absolute atomic E-state index is 0.0626. The molecule has 0 aromatic carbocycles. The molecule has 0 aromatic heterocycles. The second-order valence-corrected chi connectivity index (χ2v) is 6.25. The van der Waals surface area contributed by atoms with Crippen LogP contribution in [0.5, 0.6) is 0 Å². The zero-order chi connectivity index (χ0) is 13.0. The van der Waals surface area contributed by atoms with Crippen LogP contribution in [-0.2, 0) is 4.79 Å². The zero-order valence-electron chi connectivity index (χ0n) is 11.8. The van der Waals surface area contributed by atoms with E-state index in [0.29, 0.717) is 17.9 Å². The third-order valence-electron chi connectivity index (χ3n) is 5.07. The van der Waals surface area contributed by atoms with Gasteiger partial charge in [0.05, 0.1) is 5.92 Å². The molecule has 2 N–H and O–H groups in total. The van der Waals surface area contributed by atoms with Gasteiger partial charge in [-0.3, -0.25) is 4.79 Å². The Bertz CT molecular complexity index is 274. The van der Waals surface area contributed by atoms with Gasteiger partial charge in [0.2, 0.25) is 5.91 Å². The summed E-state index contributed by atoms with van der Waals surface area (Å²) in [7, 11) is 0. The highest BCUT2D eigenvalue weighted by molar-refractivity contribution is 5.79. The lowest BCUT2D eigenvalue weighted by Gasteiger charge is -2.40. The maximum Gasteiger partial charge on any atom is 0.226 e. The topological polar surface area (TPSA) is 46.3 Å². The van der Waals surface area contributed by atoms with E-state index in [4.69, 9.17) is 5.73 Å². The van der Waals surface area contributed by atoms with Crippen molar-refractivity contribution < 1.29 is 4.79 Å². The van der Waals surface area contributed by atoms with Gasteiger partial charge in [0.15, 0.2) is 0 Å². The number of nitrogens with zero attached hydrogens (tertiary/aromatic N) is 1. The van der Waals surface area contributed by atoms with Gasteiger partial charge < -0.3 is 10.6 Å². The summed E-state index contributed by atoms with van der Waals surface area (Å²) in [6.45, 7) is 4.58. The summed E-state index contributed by atoms with van der Waals surface area (Å²) < 4.78 is 0. The fourth-order valence-corrected chi connectivity index (χ4v) is 3.78. The Balaban J connectivity index is 1.86. The molecule has 1 spiro atoms. The Labute approximate surface area is 111 Å². The van der Waals surface area contributed by atoms with Crippen molar-refractivity contribution in [3.05, 3.63) is 0 Å². The van der Waals surface area contributed by atoms with E-state index in [9.17, 15) is 4.79 Å². The van der Waals surface area contributed by atoms with Gasteiger partial charge in [0, 0.05) is 19.6 Å². The van der Waals surface area contributed by atoms with E-state index in [-0.39, 0.29) is 5.92 Å². The van der Waals surface area contributed by atoms with Crippen LogP contribution in [0, 0.1) is 11.3 Å². The standard InChI is InChI=1S/C15H28N2O/c1-2-5-13(12-16)14(18)17-10-8-15(9-11-17)6-3-4-7-15/h13H,2-12,16H2,1H3. The van der Waals surface area contributed by atoms with Crippen molar-refractivity contribution in [2.75, 3.05) is 19.6 Å². The lowest BCUT2D eigenvalue weighted by atomic mass is 9.77. The lowest BCUT2D eigenvalue weighted by Crippen LogP contribution is -2.46. The quantitative estimate of drug-likeness (QED) is 0.836. The van der Waals surface area contributed by atoms with Crippen LogP contribution in [0.25, 0.3) is 0 Å². The number of likely N-dealkylation sites (tertiary alicyclic amines) is 1. The molecule has 3 heteroatoms. The van der Waals surface area contributed by atoms with Crippen LogP contribution in [-0.4, -0.2) is 30.4 Å². The molecular weight excluding hydrogens is 224 g/mol. The van der Waals surface area contributed by atoms with E-state index in [1.54, 1.807) is 0 Å². The van der Waals surface area contributed by atoms with Gasteiger partial charge in [0.1, 0.15) is 0 Å². The van der Waals surface area contributed by atoms with Gasteiger partial charge in [-0.05, 0) is 37.5 Å². The summed E-state index contributed by atoms with van der Waals surface area (Å²) in [6, 6.07) is 0. The first-order chi connectivity index (χ1) is 8.71. The molecule has 3 nitrogen and oxygen atoms in total. The number of carbonyl (C=O) groups is 1. The van der Waals surface area contributed by atoms with Gasteiger partial charge in [-0.15, -0.1) is 0 Å². The van der Waals surface area contributed by atoms with Gasteiger partial charge in [-0.1, -0.05) is 26.2 Å². The first-order valence-corrected chi connectivity index (χ1v) is 7.69. The second-order valence-electron chi connectivity index (χ2n) is 6.25. The molecule has 2 aliphatic rings. The van der Waals surface area contributed by atoms with E-state index < -0.39 is 0 Å². The van der Waals surface area contributed by atoms with E-state index in [1.807, 2.05) is 0 Å². The highest BCUT2D eigenvalue weighted by atomic mass is 16.2. The van der Waals surface area contributed by atoms with Crippen LogP contribution >= 0.6 is 0 Å². The molecule has 2 fully saturated rings. The normalized spacial score (nSPS) is 24.4. The summed E-state index contributed by atoms with van der Waals surface area (Å²) in [5.74, 6) is 0.375. The molecule has 1 amide bonds. The molecule has 18 heavy (non-hydrogen) atoms. The molecule has 2 rings (SSSR count). The van der Waals surface area contributed by atoms with Crippen molar-refractivity contribution >= 4 is 5.91 Å². The lowest BCUT2D eigenvalue weighted by molar-refractivity contribution is -0.137. The Morgan fingerprint density at radius 2 is 1.83 bits per heavy atom. The first kappa shape index (κ1) is 13.9. The second kappa shape index (κ2) is 6.05. The minimum atomic E-state index is 0.0626. The summed E-state index contributed by atoms with van der Waals surface area (Å²) in [5, 5.41) is 0. The average molecular weight is 252 g/mol. The fourth-order valence-electron chi connectivity index (χ4n) is 3.78. The number of carbonyl (C=O) groups excluding carboxylic acids is 1. The number of nitrogens with two attached hydrogens (primary N) is 1. The average Bonchev–Trinajstić information content (AvgIpc) is 2.84. The molecule has 1 atom stereocenters. The van der Waals surface area contributed by atoms with Crippen molar-refractivity contribution in [1.29, 1.82) is 0 Å². The fraction of sp³-hybridized carbons (Fsp3) is 0.933. The molecule has 1 aliphatic heterocycles. The first-order valence-electron chi connectivity index (χ1n) is 7.69. The molecular formula is C15H28N2O. The summed E-state index contributed by atoms with van der Waals surface area (Å²) in [6.07, 6.45) is 10.0. The number of hydrogen-bond donors (Lipinski definition) is 1. The van der Waals surface area contributed by atoms with Gasteiger partial charge in [0.25, 0.3) is 0 Å². The Morgan fingerprint density at radius 1 is 1.22 bits per heavy atom. The summed E-state index contributed by atoms with van der Waals surface area (Å²) >= 11 is 0. The molecule has 0 radical (unpaired) electrons. The maximum absolute atomic E-state index is 12.4. The maximum atomic E-state index is 12.4. The van der Waals surface area contributed by atoms with E-state index >= 15 is 0 Å². The van der Waals surface area contributed by atoms with Crippen LogP contribution in [0.1, 0.15) is 58.3 Å². The van der Waals surface area contributed by atoms with Crippen molar-refractivity contribution in [1.82, 2.24) is 4.90 Å². The highest BCUT2D eigenvalue weighted by Gasteiger charge is 2.38. The third kappa shape index (κ3) is 2.87. The monoisotopic (exact) mass is 252 g/mol. The van der Waals surface area contributed by atoms with E-state index in [2.05, 4.69) is 11.8 Å². The van der Waals surface area contributed by atoms with Crippen molar-refractivity contribution in [2.24, 2.45) is 17.1 Å². The molecule has 1 saturated heterocycles. The van der Waals surface area contributed by atoms with Crippen molar-refractivity contribution in [2.45, 2.75) is 58.3 Å². The number of amides is 1. The number of hydrogen-bond acceptors (Lipinski definition) is 2. The van der Waals surface area contributed by atoms with Gasteiger partial charge in [-0.2, -0.15) is 0 Å². The SMILES string of the molecule is CCCC(CN)C(=O)N1CCC2(CCCC2)CC1. The van der Waals surface area contributed by atoms with Gasteiger partial charge in [-0.25, -0.2) is 0 Å². The Kier molecular flexibility index (Phi) is 4.66. The zero-order valence-corrected chi connectivity index (χ0v) is 11.8. The minimum Gasteiger partial charge on any atom is -0.342 e. The van der Waals surface area contributed by atoms with Crippen LogP contribution in [0.2, 0.25) is 0 Å². The van der Waals surface area contributed by atoms with Crippen molar-refractivity contribution in [3.63, 3.8) is 0 Å². The van der Waals surface area contributed by atoms with E-state index in [1.165, 1.54) is 38.5 Å². The largest absolute Gasteiger partial charge is 0.342 e. The summed E-state index contributed by atoms with van der Waals surface area (Å²) in [5.41, 5.74) is 6.33. The molecule has 0 bridgehead atoms. The number of piperidine rings is 1. The summed E-state index contributed by atoms with van der Waals surface area (Å²) in [4.78, 5) is 14.4. The molecule has 1 saturated carbocycles. The molecule has 1 aliphatic carbocycles. The van der Waals surface area contributed by atoms with Crippen LogP contribution in [0.4, 0.5) is 0 Å². The van der Waals surface area contributed by atoms with Gasteiger partial charge >= 0.3 is 0 Å². The third-order valence-corrected chi connectivity index (χ3v) is 5.07. The van der Waals surface area contributed by atoms with Crippen LogP contribution in [0.3, 0.4) is 0 Å². The van der Waals surface area contributed by atoms with E-state index in [0.717, 1.165) is 25.9 Å². The van der Waals surface area contributed by atoms with Crippen molar-refractivity contribution in [3.8, 4) is 0 Å². The highest BCUT2D eigenvalue weighted by Crippen LogP contribution is 2.46. The van der Waals surface area contributed by atoms with Crippen LogP contribution < -0.4 is 5.73 Å². The van der Waals surface area contributed by atoms with Crippen LogP contribution in [0.15, 0.2) is 0 Å². The molecule has 1 heterocycles. The predicted molar refractivity (Wildman–Crippen MR) is 74.2 cm³/mol. The molecule has 104 valence electrons. The Morgan fingerprint density at radius 3 is 2.33 bits per heavy atom. The Hall–Kier alpha value is -0.570. The molecule has 0 aromatic rings.